The van der Waals surface area contributed by atoms with Crippen molar-refractivity contribution < 1.29 is 17.6 Å². The summed E-state index contributed by atoms with van der Waals surface area (Å²) < 4.78 is 44.5. The standard InChI is InChI=1S/C17H9F3N2OS/c18-17(19,20)11-7-5-10(6-8-11)13-9-21-15(23-13)16-22-12-3-1-2-4-14(12)24-16/h1-9H. The number of alkyl halides is 3. The quantitative estimate of drug-likeness (QED) is 0.472. The number of halogens is 3. The second-order valence-electron chi connectivity index (χ2n) is 5.09. The van der Waals surface area contributed by atoms with Crippen LogP contribution >= 0.6 is 11.3 Å². The van der Waals surface area contributed by atoms with Gasteiger partial charge in [0.15, 0.2) is 10.8 Å². The van der Waals surface area contributed by atoms with E-state index >= 15 is 0 Å². The number of hydrogen-bond acceptors (Lipinski definition) is 4. The molecule has 3 nitrogen and oxygen atoms in total. The molecule has 0 amide bonds. The molecule has 120 valence electrons. The number of thiazole rings is 1. The van der Waals surface area contributed by atoms with Crippen molar-refractivity contribution in [1.29, 1.82) is 0 Å². The van der Waals surface area contributed by atoms with E-state index in [-0.39, 0.29) is 0 Å². The van der Waals surface area contributed by atoms with E-state index in [1.54, 1.807) is 0 Å². The summed E-state index contributed by atoms with van der Waals surface area (Å²) in [5.41, 5.74) is 0.687. The molecule has 0 N–H and O–H groups in total. The molecule has 0 radical (unpaired) electrons. The number of nitrogens with zero attached hydrogens (tertiary/aromatic N) is 2. The van der Waals surface area contributed by atoms with Gasteiger partial charge in [0.2, 0.25) is 0 Å². The highest BCUT2D eigenvalue weighted by Gasteiger charge is 2.30. The minimum atomic E-state index is -4.36. The first kappa shape index (κ1) is 14.9. The molecule has 0 saturated heterocycles. The van der Waals surface area contributed by atoms with E-state index < -0.39 is 11.7 Å². The Morgan fingerprint density at radius 2 is 1.71 bits per heavy atom. The highest BCUT2D eigenvalue weighted by atomic mass is 32.1. The summed E-state index contributed by atoms with van der Waals surface area (Å²) in [6.45, 7) is 0. The molecule has 0 bridgehead atoms. The maximum absolute atomic E-state index is 12.6. The second kappa shape index (κ2) is 5.45. The number of para-hydroxylation sites is 1. The Morgan fingerprint density at radius 1 is 0.958 bits per heavy atom. The minimum absolute atomic E-state index is 0.353. The molecule has 4 aromatic rings. The molecule has 0 aliphatic carbocycles. The fourth-order valence-corrected chi connectivity index (χ4v) is 3.19. The van der Waals surface area contributed by atoms with E-state index in [1.807, 2.05) is 24.3 Å². The van der Waals surface area contributed by atoms with Gasteiger partial charge in [-0.25, -0.2) is 9.97 Å². The van der Waals surface area contributed by atoms with Crippen LogP contribution in [0, 0.1) is 0 Å². The zero-order chi connectivity index (χ0) is 16.7. The summed E-state index contributed by atoms with van der Waals surface area (Å²) in [6, 6.07) is 12.5. The molecule has 0 aliphatic heterocycles. The van der Waals surface area contributed by atoms with Crippen molar-refractivity contribution >= 4 is 21.6 Å². The summed E-state index contributed by atoms with van der Waals surface area (Å²) >= 11 is 1.45. The first-order chi connectivity index (χ1) is 11.5. The Morgan fingerprint density at radius 3 is 2.42 bits per heavy atom. The zero-order valence-electron chi connectivity index (χ0n) is 12.0. The first-order valence-electron chi connectivity index (χ1n) is 7.00. The van der Waals surface area contributed by atoms with Crippen molar-refractivity contribution in [2.45, 2.75) is 6.18 Å². The third-order valence-corrected chi connectivity index (χ3v) is 4.50. The van der Waals surface area contributed by atoms with Crippen LogP contribution < -0.4 is 0 Å². The fraction of sp³-hybridized carbons (Fsp3) is 0.0588. The Hall–Kier alpha value is -2.67. The summed E-state index contributed by atoms with van der Waals surface area (Å²) in [5.74, 6) is 0.754. The van der Waals surface area contributed by atoms with Crippen LogP contribution in [0.3, 0.4) is 0 Å². The molecular weight excluding hydrogens is 337 g/mol. The summed E-state index contributed by atoms with van der Waals surface area (Å²) in [7, 11) is 0. The zero-order valence-corrected chi connectivity index (χ0v) is 12.9. The van der Waals surface area contributed by atoms with Gasteiger partial charge in [-0.3, -0.25) is 0 Å². The number of fused-ring (bicyclic) bond motifs is 1. The largest absolute Gasteiger partial charge is 0.434 e. The van der Waals surface area contributed by atoms with Gasteiger partial charge in [0.05, 0.1) is 22.0 Å². The van der Waals surface area contributed by atoms with Crippen LogP contribution in [0.2, 0.25) is 0 Å². The molecule has 0 aliphatic rings. The lowest BCUT2D eigenvalue weighted by Gasteiger charge is -2.06. The van der Waals surface area contributed by atoms with Crippen LogP contribution in [0.25, 0.3) is 32.4 Å². The van der Waals surface area contributed by atoms with Crippen molar-refractivity contribution in [3.63, 3.8) is 0 Å². The van der Waals surface area contributed by atoms with Gasteiger partial charge < -0.3 is 4.42 Å². The Bertz CT molecular complexity index is 970. The number of benzene rings is 2. The Kier molecular flexibility index (Phi) is 3.38. The normalized spacial score (nSPS) is 12.0. The van der Waals surface area contributed by atoms with Gasteiger partial charge in [0.25, 0.3) is 5.89 Å². The summed E-state index contributed by atoms with van der Waals surface area (Å²) in [5, 5.41) is 0.634. The molecule has 4 rings (SSSR count). The maximum Gasteiger partial charge on any atom is 0.416 e. The molecule has 2 aromatic heterocycles. The monoisotopic (exact) mass is 346 g/mol. The third kappa shape index (κ3) is 2.67. The molecule has 24 heavy (non-hydrogen) atoms. The average molecular weight is 346 g/mol. The van der Waals surface area contributed by atoms with Crippen LogP contribution in [-0.4, -0.2) is 9.97 Å². The topological polar surface area (TPSA) is 38.9 Å². The lowest BCUT2D eigenvalue weighted by molar-refractivity contribution is -0.137. The molecule has 0 fully saturated rings. The molecule has 0 atom stereocenters. The number of rotatable bonds is 2. The third-order valence-electron chi connectivity index (χ3n) is 3.48. The molecule has 0 saturated carbocycles. The van der Waals surface area contributed by atoms with Crippen LogP contribution in [0.15, 0.2) is 59.1 Å². The van der Waals surface area contributed by atoms with E-state index in [1.165, 1.54) is 29.7 Å². The molecule has 0 unspecified atom stereocenters. The first-order valence-corrected chi connectivity index (χ1v) is 7.82. The minimum Gasteiger partial charge on any atom is -0.434 e. The van der Waals surface area contributed by atoms with Gasteiger partial charge in [0.1, 0.15) is 0 Å². The van der Waals surface area contributed by atoms with Crippen molar-refractivity contribution in [3.05, 3.63) is 60.3 Å². The lowest BCUT2D eigenvalue weighted by atomic mass is 10.1. The SMILES string of the molecule is FC(F)(F)c1ccc(-c2cnc(-c3nc4ccccc4s3)o2)cc1. The van der Waals surface area contributed by atoms with Gasteiger partial charge in [-0.15, -0.1) is 11.3 Å². The lowest BCUT2D eigenvalue weighted by Crippen LogP contribution is -2.03. The Labute approximate surface area is 138 Å². The van der Waals surface area contributed by atoms with Crippen LogP contribution in [0.1, 0.15) is 5.56 Å². The van der Waals surface area contributed by atoms with Crippen molar-refractivity contribution in [3.8, 4) is 22.2 Å². The van der Waals surface area contributed by atoms with Crippen LogP contribution in [0.5, 0.6) is 0 Å². The van der Waals surface area contributed by atoms with Crippen molar-refractivity contribution in [2.75, 3.05) is 0 Å². The fourth-order valence-electron chi connectivity index (χ4n) is 2.29. The van der Waals surface area contributed by atoms with E-state index in [0.29, 0.717) is 22.2 Å². The van der Waals surface area contributed by atoms with Gasteiger partial charge in [-0.05, 0) is 24.3 Å². The van der Waals surface area contributed by atoms with E-state index in [0.717, 1.165) is 22.3 Å². The summed E-state index contributed by atoms with van der Waals surface area (Å²) in [4.78, 5) is 8.64. The summed E-state index contributed by atoms with van der Waals surface area (Å²) in [6.07, 6.45) is -2.86. The van der Waals surface area contributed by atoms with Crippen LogP contribution in [-0.2, 0) is 6.18 Å². The highest BCUT2D eigenvalue weighted by molar-refractivity contribution is 7.21. The predicted molar refractivity (Wildman–Crippen MR) is 85.6 cm³/mol. The maximum atomic E-state index is 12.6. The molecular formula is C17H9F3N2OS. The number of aromatic nitrogens is 2. The van der Waals surface area contributed by atoms with Crippen molar-refractivity contribution in [1.82, 2.24) is 9.97 Å². The predicted octanol–water partition coefficient (Wildman–Crippen LogP) is 5.64. The van der Waals surface area contributed by atoms with Crippen molar-refractivity contribution in [2.24, 2.45) is 0 Å². The number of oxazole rings is 1. The Balaban J connectivity index is 1.67. The van der Waals surface area contributed by atoms with Gasteiger partial charge in [0, 0.05) is 5.56 Å². The van der Waals surface area contributed by atoms with E-state index in [9.17, 15) is 13.2 Å². The molecule has 0 spiro atoms. The van der Waals surface area contributed by atoms with E-state index in [4.69, 9.17) is 4.42 Å². The smallest absolute Gasteiger partial charge is 0.416 e. The van der Waals surface area contributed by atoms with E-state index in [2.05, 4.69) is 9.97 Å². The molecule has 7 heteroatoms. The second-order valence-corrected chi connectivity index (χ2v) is 6.12. The average Bonchev–Trinajstić information content (AvgIpc) is 3.21. The molecule has 2 aromatic carbocycles. The van der Waals surface area contributed by atoms with Gasteiger partial charge in [-0.1, -0.05) is 24.3 Å². The van der Waals surface area contributed by atoms with Crippen LogP contribution in [0.4, 0.5) is 13.2 Å². The van der Waals surface area contributed by atoms with Gasteiger partial charge in [-0.2, -0.15) is 13.2 Å². The molecule has 2 heterocycles. The van der Waals surface area contributed by atoms with Gasteiger partial charge >= 0.3 is 6.18 Å². The highest BCUT2D eigenvalue weighted by Crippen LogP contribution is 2.34. The number of hydrogen-bond donors (Lipinski definition) is 0.